The highest BCUT2D eigenvalue weighted by atomic mass is 16.3. The third-order valence-corrected chi connectivity index (χ3v) is 2.86. The molecule has 1 aromatic rings. The molecule has 1 atom stereocenters. The molecule has 15 heavy (non-hydrogen) atoms. The van der Waals surface area contributed by atoms with Gasteiger partial charge in [0.25, 0.3) is 0 Å². The van der Waals surface area contributed by atoms with Gasteiger partial charge in [0, 0.05) is 6.42 Å². The third kappa shape index (κ3) is 1.96. The van der Waals surface area contributed by atoms with Crippen molar-refractivity contribution in [2.24, 2.45) is 0 Å². The Morgan fingerprint density at radius 2 is 2.40 bits per heavy atom. The predicted octanol–water partition coefficient (Wildman–Crippen LogP) is 1.91. The minimum absolute atomic E-state index is 0.0659. The molecule has 0 aromatic heterocycles. The quantitative estimate of drug-likeness (QED) is 0.774. The summed E-state index contributed by atoms with van der Waals surface area (Å²) < 4.78 is 0. The van der Waals surface area contributed by atoms with Crippen molar-refractivity contribution in [2.75, 3.05) is 0 Å². The number of phenolic OH excluding ortho intramolecular Hbond substituents is 1. The molecule has 0 fully saturated rings. The number of hydrogen-bond donors (Lipinski definition) is 2. The Hall–Kier alpha value is -1.51. The van der Waals surface area contributed by atoms with E-state index in [0.29, 0.717) is 6.42 Å². The summed E-state index contributed by atoms with van der Waals surface area (Å²) in [7, 11) is 0. The summed E-state index contributed by atoms with van der Waals surface area (Å²) in [6, 6.07) is 5.47. The maximum atomic E-state index is 11.3. The van der Waals surface area contributed by atoms with Crippen LogP contribution < -0.4 is 5.32 Å². The lowest BCUT2D eigenvalue weighted by atomic mass is 10.1. The molecule has 80 valence electrons. The molecule has 0 bridgehead atoms. The second kappa shape index (κ2) is 3.93. The molecule has 3 nitrogen and oxygen atoms in total. The zero-order valence-corrected chi connectivity index (χ0v) is 8.79. The minimum Gasteiger partial charge on any atom is -0.508 e. The van der Waals surface area contributed by atoms with Gasteiger partial charge < -0.3 is 10.4 Å². The Bertz CT molecular complexity index is 387. The van der Waals surface area contributed by atoms with E-state index in [0.717, 1.165) is 18.4 Å². The van der Waals surface area contributed by atoms with E-state index in [4.69, 9.17) is 0 Å². The molecular formula is C12H15NO2. The standard InChI is InChI=1S/C12H15NO2/c1-2-12(15)13-11-6-4-8-3-5-9(14)7-10(8)11/h3,5,7,11,14H,2,4,6H2,1H3,(H,13,15)/t11-/m0/s1. The first kappa shape index (κ1) is 10.0. The predicted molar refractivity (Wildman–Crippen MR) is 57.6 cm³/mol. The highest BCUT2D eigenvalue weighted by Gasteiger charge is 2.23. The molecule has 0 saturated heterocycles. The first-order chi connectivity index (χ1) is 7.20. The molecule has 1 aliphatic rings. The van der Waals surface area contributed by atoms with Gasteiger partial charge in [-0.05, 0) is 36.1 Å². The number of carbonyl (C=O) groups is 1. The Balaban J connectivity index is 2.20. The number of aryl methyl sites for hydroxylation is 1. The van der Waals surface area contributed by atoms with Crippen molar-refractivity contribution in [3.8, 4) is 5.75 Å². The van der Waals surface area contributed by atoms with Crippen LogP contribution in [0.25, 0.3) is 0 Å². The lowest BCUT2D eigenvalue weighted by Crippen LogP contribution is -2.26. The van der Waals surface area contributed by atoms with Crippen molar-refractivity contribution in [3.63, 3.8) is 0 Å². The molecule has 3 heteroatoms. The highest BCUT2D eigenvalue weighted by molar-refractivity contribution is 5.76. The Kier molecular flexibility index (Phi) is 2.62. The van der Waals surface area contributed by atoms with E-state index in [1.165, 1.54) is 5.56 Å². The zero-order chi connectivity index (χ0) is 10.8. The molecular weight excluding hydrogens is 190 g/mol. The average molecular weight is 205 g/mol. The van der Waals surface area contributed by atoms with Crippen LogP contribution in [0.2, 0.25) is 0 Å². The summed E-state index contributed by atoms with van der Waals surface area (Å²) >= 11 is 0. The highest BCUT2D eigenvalue weighted by Crippen LogP contribution is 2.33. The van der Waals surface area contributed by atoms with Gasteiger partial charge in [-0.2, -0.15) is 0 Å². The van der Waals surface area contributed by atoms with E-state index in [9.17, 15) is 9.90 Å². The molecule has 0 unspecified atom stereocenters. The van der Waals surface area contributed by atoms with Gasteiger partial charge >= 0.3 is 0 Å². The van der Waals surface area contributed by atoms with Crippen molar-refractivity contribution < 1.29 is 9.90 Å². The van der Waals surface area contributed by atoms with Crippen LogP contribution >= 0.6 is 0 Å². The van der Waals surface area contributed by atoms with Gasteiger partial charge in [-0.25, -0.2) is 0 Å². The van der Waals surface area contributed by atoms with Crippen molar-refractivity contribution in [3.05, 3.63) is 29.3 Å². The van der Waals surface area contributed by atoms with Gasteiger partial charge in [-0.3, -0.25) is 4.79 Å². The Morgan fingerprint density at radius 3 is 3.13 bits per heavy atom. The van der Waals surface area contributed by atoms with E-state index in [1.807, 2.05) is 13.0 Å². The third-order valence-electron chi connectivity index (χ3n) is 2.86. The van der Waals surface area contributed by atoms with E-state index in [-0.39, 0.29) is 17.7 Å². The van der Waals surface area contributed by atoms with Crippen molar-refractivity contribution in [2.45, 2.75) is 32.2 Å². The maximum absolute atomic E-state index is 11.3. The van der Waals surface area contributed by atoms with Crippen LogP contribution in [0.1, 0.15) is 36.9 Å². The fourth-order valence-electron chi connectivity index (χ4n) is 2.04. The number of hydrogen-bond acceptors (Lipinski definition) is 2. The molecule has 0 spiro atoms. The van der Waals surface area contributed by atoms with Crippen molar-refractivity contribution in [1.29, 1.82) is 0 Å². The lowest BCUT2D eigenvalue weighted by molar-refractivity contribution is -0.121. The fraction of sp³-hybridized carbons (Fsp3) is 0.417. The number of fused-ring (bicyclic) bond motifs is 1. The van der Waals surface area contributed by atoms with E-state index in [2.05, 4.69) is 5.32 Å². The van der Waals surface area contributed by atoms with E-state index < -0.39 is 0 Å². The summed E-state index contributed by atoms with van der Waals surface area (Å²) in [6.45, 7) is 1.84. The van der Waals surface area contributed by atoms with Crippen LogP contribution in [0.15, 0.2) is 18.2 Å². The van der Waals surface area contributed by atoms with E-state index in [1.54, 1.807) is 12.1 Å². The average Bonchev–Trinajstić information content (AvgIpc) is 2.61. The second-order valence-electron chi connectivity index (χ2n) is 3.90. The van der Waals surface area contributed by atoms with Gasteiger partial charge in [0.2, 0.25) is 5.91 Å². The van der Waals surface area contributed by atoms with Crippen LogP contribution in [-0.4, -0.2) is 11.0 Å². The summed E-state index contributed by atoms with van der Waals surface area (Å²) in [5, 5.41) is 12.4. The maximum Gasteiger partial charge on any atom is 0.220 e. The summed E-state index contributed by atoms with van der Waals surface area (Å²) in [5.74, 6) is 0.336. The largest absolute Gasteiger partial charge is 0.508 e. The number of aromatic hydroxyl groups is 1. The van der Waals surface area contributed by atoms with Crippen LogP contribution in [0.4, 0.5) is 0 Å². The molecule has 1 amide bonds. The van der Waals surface area contributed by atoms with Crippen LogP contribution in [0.3, 0.4) is 0 Å². The number of amides is 1. The SMILES string of the molecule is CCC(=O)N[C@H]1CCc2ccc(O)cc21. The number of carbonyl (C=O) groups excluding carboxylic acids is 1. The molecule has 1 aromatic carbocycles. The molecule has 2 rings (SSSR count). The summed E-state index contributed by atoms with van der Waals surface area (Å²) in [6.07, 6.45) is 2.42. The smallest absolute Gasteiger partial charge is 0.220 e. The van der Waals surface area contributed by atoms with Gasteiger partial charge in [0.15, 0.2) is 0 Å². The number of phenols is 1. The van der Waals surface area contributed by atoms with Crippen LogP contribution in [0.5, 0.6) is 5.75 Å². The minimum atomic E-state index is 0.0659. The van der Waals surface area contributed by atoms with E-state index >= 15 is 0 Å². The second-order valence-corrected chi connectivity index (χ2v) is 3.90. The Labute approximate surface area is 89.1 Å². The Morgan fingerprint density at radius 1 is 1.60 bits per heavy atom. The fourth-order valence-corrected chi connectivity index (χ4v) is 2.04. The lowest BCUT2D eigenvalue weighted by Gasteiger charge is -2.13. The molecule has 1 aliphatic carbocycles. The number of nitrogens with one attached hydrogen (secondary N) is 1. The zero-order valence-electron chi connectivity index (χ0n) is 8.79. The topological polar surface area (TPSA) is 49.3 Å². The molecule has 2 N–H and O–H groups in total. The molecule has 0 radical (unpaired) electrons. The van der Waals surface area contributed by atoms with Crippen molar-refractivity contribution in [1.82, 2.24) is 5.32 Å². The van der Waals surface area contributed by atoms with Gasteiger partial charge in [-0.1, -0.05) is 13.0 Å². The first-order valence-corrected chi connectivity index (χ1v) is 5.32. The molecule has 0 saturated carbocycles. The van der Waals surface area contributed by atoms with Crippen LogP contribution in [-0.2, 0) is 11.2 Å². The van der Waals surface area contributed by atoms with Gasteiger partial charge in [0.05, 0.1) is 6.04 Å². The normalized spacial score (nSPS) is 18.6. The van der Waals surface area contributed by atoms with Gasteiger partial charge in [-0.15, -0.1) is 0 Å². The number of benzene rings is 1. The number of rotatable bonds is 2. The first-order valence-electron chi connectivity index (χ1n) is 5.32. The summed E-state index contributed by atoms with van der Waals surface area (Å²) in [5.41, 5.74) is 2.30. The van der Waals surface area contributed by atoms with Gasteiger partial charge in [0.1, 0.15) is 5.75 Å². The monoisotopic (exact) mass is 205 g/mol. The molecule has 0 heterocycles. The van der Waals surface area contributed by atoms with Crippen molar-refractivity contribution >= 4 is 5.91 Å². The summed E-state index contributed by atoms with van der Waals surface area (Å²) in [4.78, 5) is 11.3. The molecule has 0 aliphatic heterocycles. The van der Waals surface area contributed by atoms with Crippen LogP contribution in [0, 0.1) is 0 Å².